The fraction of sp³-hybridized carbons (Fsp3) is 1.00. The lowest BCUT2D eigenvalue weighted by atomic mass is 9.39. The molecule has 0 aromatic carbocycles. The first-order valence-corrected chi connectivity index (χ1v) is 9.27. The zero-order chi connectivity index (χ0) is 13.2. The fourth-order valence-electron chi connectivity index (χ4n) is 6.17. The molecule has 3 saturated carbocycles. The van der Waals surface area contributed by atoms with E-state index in [0.29, 0.717) is 5.31 Å². The highest BCUT2D eigenvalue weighted by molar-refractivity contribution is 6.16. The van der Waals surface area contributed by atoms with Crippen molar-refractivity contribution in [1.82, 2.24) is 0 Å². The van der Waals surface area contributed by atoms with Crippen molar-refractivity contribution in [3.63, 3.8) is 0 Å². The summed E-state index contributed by atoms with van der Waals surface area (Å²) >= 11 is 0. The Labute approximate surface area is 121 Å². The Kier molecular flexibility index (Phi) is 4.29. The molecule has 0 aliphatic heterocycles. The number of hydrogen-bond acceptors (Lipinski definition) is 0. The van der Waals surface area contributed by atoms with E-state index in [1.165, 1.54) is 57.8 Å². The van der Waals surface area contributed by atoms with Crippen molar-refractivity contribution < 1.29 is 0 Å². The second-order valence-electron chi connectivity index (χ2n) is 8.17. The first-order valence-electron chi connectivity index (χ1n) is 9.27. The maximum Gasteiger partial charge on any atom is 0.110 e. The van der Waals surface area contributed by atoms with E-state index in [0.717, 1.165) is 11.3 Å². The van der Waals surface area contributed by atoms with E-state index in [1.807, 2.05) is 0 Å². The molecule has 3 fully saturated rings. The standard InChI is InChI=1S/C18H33B/c19-18(14-8-3-9-15-18)17(12-6-2-7-13-17)16-10-4-1-5-11-16/h16H,1-15,19H2. The van der Waals surface area contributed by atoms with E-state index in [4.69, 9.17) is 0 Å². The van der Waals surface area contributed by atoms with Crippen LogP contribution in [-0.2, 0) is 0 Å². The van der Waals surface area contributed by atoms with Crippen LogP contribution >= 0.6 is 0 Å². The van der Waals surface area contributed by atoms with Crippen LogP contribution < -0.4 is 0 Å². The van der Waals surface area contributed by atoms with Crippen LogP contribution in [0.3, 0.4) is 0 Å². The molecule has 0 atom stereocenters. The molecule has 0 saturated heterocycles. The molecular formula is C18H33B. The zero-order valence-electron chi connectivity index (χ0n) is 13.2. The van der Waals surface area contributed by atoms with E-state index in [2.05, 4.69) is 7.85 Å². The SMILES string of the molecule is BC1(C2(C3CCCCC3)CCCCC2)CCCCC1. The third-order valence-corrected chi connectivity index (χ3v) is 7.29. The molecular weight excluding hydrogens is 227 g/mol. The highest BCUT2D eigenvalue weighted by atomic mass is 14.5. The van der Waals surface area contributed by atoms with Gasteiger partial charge in [-0.25, -0.2) is 0 Å². The minimum atomic E-state index is 0.702. The number of hydrogen-bond donors (Lipinski definition) is 0. The summed E-state index contributed by atoms with van der Waals surface area (Å²) < 4.78 is 0. The molecule has 3 aliphatic rings. The molecule has 0 aromatic rings. The normalized spacial score (nSPS) is 32.0. The van der Waals surface area contributed by atoms with Crippen LogP contribution in [0.1, 0.15) is 96.3 Å². The highest BCUT2D eigenvalue weighted by Gasteiger charge is 2.52. The molecule has 0 bridgehead atoms. The molecule has 0 spiro atoms. The molecule has 0 amide bonds. The summed E-state index contributed by atoms with van der Waals surface area (Å²) in [5.74, 6) is 1.09. The van der Waals surface area contributed by atoms with Crippen LogP contribution in [-0.4, -0.2) is 7.85 Å². The lowest BCUT2D eigenvalue weighted by Crippen LogP contribution is -2.46. The third-order valence-electron chi connectivity index (χ3n) is 7.29. The quantitative estimate of drug-likeness (QED) is 0.593. The summed E-state index contributed by atoms with van der Waals surface area (Å²) in [7, 11) is 2.70. The van der Waals surface area contributed by atoms with Gasteiger partial charge in [-0.05, 0) is 37.0 Å². The smallest absolute Gasteiger partial charge is 0.0543 e. The van der Waals surface area contributed by atoms with Gasteiger partial charge in [0.25, 0.3) is 0 Å². The van der Waals surface area contributed by atoms with E-state index < -0.39 is 0 Å². The molecule has 0 N–H and O–H groups in total. The van der Waals surface area contributed by atoms with Crippen molar-refractivity contribution >= 4 is 7.85 Å². The van der Waals surface area contributed by atoms with E-state index in [-0.39, 0.29) is 0 Å². The van der Waals surface area contributed by atoms with Gasteiger partial charge in [0.15, 0.2) is 0 Å². The summed E-state index contributed by atoms with van der Waals surface area (Å²) in [6.45, 7) is 0. The fourth-order valence-corrected chi connectivity index (χ4v) is 6.17. The Morgan fingerprint density at radius 3 is 1.63 bits per heavy atom. The molecule has 108 valence electrons. The summed E-state index contributed by atoms with van der Waals surface area (Å²) in [5.41, 5.74) is 0.756. The summed E-state index contributed by atoms with van der Waals surface area (Å²) in [5, 5.41) is 0.702. The van der Waals surface area contributed by atoms with Crippen molar-refractivity contribution in [3.05, 3.63) is 0 Å². The lowest BCUT2D eigenvalue weighted by Gasteiger charge is -2.58. The van der Waals surface area contributed by atoms with Crippen molar-refractivity contribution in [3.8, 4) is 0 Å². The molecule has 3 aliphatic carbocycles. The topological polar surface area (TPSA) is 0 Å². The molecule has 19 heavy (non-hydrogen) atoms. The minimum Gasteiger partial charge on any atom is -0.0543 e. The summed E-state index contributed by atoms with van der Waals surface area (Å²) in [6.07, 6.45) is 23.1. The van der Waals surface area contributed by atoms with Crippen molar-refractivity contribution in [2.75, 3.05) is 0 Å². The Hall–Kier alpha value is 0.0649. The Morgan fingerprint density at radius 2 is 1.05 bits per heavy atom. The average molecular weight is 260 g/mol. The first-order chi connectivity index (χ1) is 9.27. The second kappa shape index (κ2) is 5.82. The van der Waals surface area contributed by atoms with Crippen LogP contribution in [0.4, 0.5) is 0 Å². The molecule has 3 rings (SSSR count). The lowest BCUT2D eigenvalue weighted by molar-refractivity contribution is -0.000842. The van der Waals surface area contributed by atoms with Gasteiger partial charge in [0, 0.05) is 0 Å². The number of rotatable bonds is 2. The third kappa shape index (κ3) is 2.51. The van der Waals surface area contributed by atoms with Crippen molar-refractivity contribution in [1.29, 1.82) is 0 Å². The summed E-state index contributed by atoms with van der Waals surface area (Å²) in [6, 6.07) is 0. The van der Waals surface area contributed by atoms with Gasteiger partial charge in [-0.15, -0.1) is 0 Å². The van der Waals surface area contributed by atoms with Crippen LogP contribution in [0, 0.1) is 11.3 Å². The van der Waals surface area contributed by atoms with E-state index in [9.17, 15) is 0 Å². The van der Waals surface area contributed by atoms with Gasteiger partial charge < -0.3 is 0 Å². The van der Waals surface area contributed by atoms with Gasteiger partial charge in [-0.1, -0.05) is 75.9 Å². The predicted octanol–water partition coefficient (Wildman–Crippen LogP) is 5.27. The Morgan fingerprint density at radius 1 is 0.579 bits per heavy atom. The molecule has 0 radical (unpaired) electrons. The van der Waals surface area contributed by atoms with Crippen LogP contribution in [0.2, 0.25) is 5.31 Å². The van der Waals surface area contributed by atoms with Crippen LogP contribution in [0.25, 0.3) is 0 Å². The summed E-state index contributed by atoms with van der Waals surface area (Å²) in [4.78, 5) is 0. The van der Waals surface area contributed by atoms with Crippen LogP contribution in [0.5, 0.6) is 0 Å². The monoisotopic (exact) mass is 260 g/mol. The highest BCUT2D eigenvalue weighted by Crippen LogP contribution is 2.65. The minimum absolute atomic E-state index is 0.702. The molecule has 1 heteroatoms. The van der Waals surface area contributed by atoms with Gasteiger partial charge in [0.05, 0.1) is 0 Å². The van der Waals surface area contributed by atoms with Gasteiger partial charge in [-0.3, -0.25) is 0 Å². The maximum absolute atomic E-state index is 2.70. The first kappa shape index (κ1) is 14.0. The molecule has 0 unspecified atom stereocenters. The molecule has 0 aromatic heterocycles. The Balaban J connectivity index is 1.86. The van der Waals surface area contributed by atoms with Crippen molar-refractivity contribution in [2.24, 2.45) is 11.3 Å². The maximum atomic E-state index is 2.70. The van der Waals surface area contributed by atoms with Gasteiger partial charge in [-0.2, -0.15) is 0 Å². The van der Waals surface area contributed by atoms with Crippen molar-refractivity contribution in [2.45, 2.75) is 102 Å². The van der Waals surface area contributed by atoms with E-state index in [1.54, 1.807) is 38.5 Å². The molecule has 0 nitrogen and oxygen atoms in total. The van der Waals surface area contributed by atoms with Gasteiger partial charge >= 0.3 is 0 Å². The average Bonchev–Trinajstić information content (AvgIpc) is 2.49. The Bertz CT molecular complexity index is 278. The van der Waals surface area contributed by atoms with Gasteiger partial charge in [0.2, 0.25) is 0 Å². The van der Waals surface area contributed by atoms with Crippen LogP contribution in [0.15, 0.2) is 0 Å². The second-order valence-corrected chi connectivity index (χ2v) is 8.17. The zero-order valence-corrected chi connectivity index (χ0v) is 13.2. The van der Waals surface area contributed by atoms with E-state index >= 15 is 0 Å². The largest absolute Gasteiger partial charge is 0.110 e. The van der Waals surface area contributed by atoms with Gasteiger partial charge in [0.1, 0.15) is 7.85 Å². The predicted molar refractivity (Wildman–Crippen MR) is 86.4 cm³/mol. The molecule has 0 heterocycles.